The van der Waals surface area contributed by atoms with Gasteiger partial charge in [-0.2, -0.15) is 0 Å². The molecule has 1 unspecified atom stereocenters. The highest BCUT2D eigenvalue weighted by molar-refractivity contribution is 5.85. The number of hydrogen-bond acceptors (Lipinski definition) is 2. The molecule has 1 rings (SSSR count). The van der Waals surface area contributed by atoms with E-state index in [4.69, 9.17) is 5.73 Å². The highest BCUT2D eigenvalue weighted by Gasteiger charge is 2.24. The summed E-state index contributed by atoms with van der Waals surface area (Å²) in [6.07, 6.45) is 5.51. The van der Waals surface area contributed by atoms with Gasteiger partial charge in [0.25, 0.3) is 0 Å². The van der Waals surface area contributed by atoms with Crippen LogP contribution in [0, 0.1) is 11.8 Å². The lowest BCUT2D eigenvalue weighted by molar-refractivity contribution is -0.125. The van der Waals surface area contributed by atoms with Crippen molar-refractivity contribution in [2.75, 3.05) is 6.54 Å². The summed E-state index contributed by atoms with van der Waals surface area (Å²) in [6.45, 7) is 4.87. The van der Waals surface area contributed by atoms with E-state index in [1.165, 1.54) is 12.8 Å². The Morgan fingerprint density at radius 1 is 1.38 bits per heavy atom. The summed E-state index contributed by atoms with van der Waals surface area (Å²) in [4.78, 5) is 11.8. The van der Waals surface area contributed by atoms with Gasteiger partial charge in [-0.25, -0.2) is 0 Å². The van der Waals surface area contributed by atoms with Gasteiger partial charge < -0.3 is 11.1 Å². The topological polar surface area (TPSA) is 55.1 Å². The molecule has 0 heterocycles. The second-order valence-corrected chi connectivity index (χ2v) is 5.05. The molecule has 0 saturated heterocycles. The maximum atomic E-state index is 11.8. The Hall–Kier alpha value is -0.280. The van der Waals surface area contributed by atoms with Gasteiger partial charge in [0.2, 0.25) is 5.91 Å². The van der Waals surface area contributed by atoms with Crippen LogP contribution in [0.1, 0.15) is 46.0 Å². The van der Waals surface area contributed by atoms with Crippen LogP contribution in [0.2, 0.25) is 0 Å². The van der Waals surface area contributed by atoms with Gasteiger partial charge in [-0.05, 0) is 25.2 Å². The van der Waals surface area contributed by atoms with Crippen molar-refractivity contribution >= 4 is 18.3 Å². The minimum absolute atomic E-state index is 0. The molecule has 3 N–H and O–H groups in total. The van der Waals surface area contributed by atoms with E-state index >= 15 is 0 Å². The summed E-state index contributed by atoms with van der Waals surface area (Å²) in [7, 11) is 0. The predicted molar refractivity (Wildman–Crippen MR) is 69.6 cm³/mol. The van der Waals surface area contributed by atoms with Gasteiger partial charge in [0, 0.05) is 18.5 Å². The Bertz CT molecular complexity index is 203. The van der Waals surface area contributed by atoms with E-state index in [-0.39, 0.29) is 30.3 Å². The van der Waals surface area contributed by atoms with E-state index in [9.17, 15) is 4.79 Å². The van der Waals surface area contributed by atoms with E-state index in [1.54, 1.807) is 0 Å². The molecule has 0 aromatic heterocycles. The van der Waals surface area contributed by atoms with Crippen molar-refractivity contribution in [3.8, 4) is 0 Å². The molecular weight excluding hydrogens is 224 g/mol. The Balaban J connectivity index is 0.00000225. The quantitative estimate of drug-likeness (QED) is 0.783. The lowest BCUT2D eigenvalue weighted by Gasteiger charge is -2.20. The third-order valence-corrected chi connectivity index (χ3v) is 3.11. The van der Waals surface area contributed by atoms with Crippen LogP contribution in [-0.4, -0.2) is 18.5 Å². The number of rotatable bonds is 5. The Morgan fingerprint density at radius 2 is 1.94 bits per heavy atom. The molecule has 1 saturated carbocycles. The zero-order valence-corrected chi connectivity index (χ0v) is 11.2. The maximum absolute atomic E-state index is 11.8. The molecule has 1 fully saturated rings. The number of nitrogens with one attached hydrogen (secondary N) is 1. The minimum Gasteiger partial charge on any atom is -0.352 e. The number of nitrogens with two attached hydrogens (primary N) is 1. The third kappa shape index (κ3) is 5.17. The normalized spacial score (nSPS) is 18.2. The van der Waals surface area contributed by atoms with E-state index < -0.39 is 0 Å². The van der Waals surface area contributed by atoms with Crippen molar-refractivity contribution in [3.05, 3.63) is 0 Å². The van der Waals surface area contributed by atoms with E-state index in [0.717, 1.165) is 19.3 Å². The smallest absolute Gasteiger partial charge is 0.223 e. The zero-order valence-electron chi connectivity index (χ0n) is 10.4. The molecule has 1 amide bonds. The summed E-state index contributed by atoms with van der Waals surface area (Å²) in [5.74, 6) is 1.07. The molecule has 96 valence electrons. The van der Waals surface area contributed by atoms with Gasteiger partial charge in [-0.3, -0.25) is 4.79 Å². The average Bonchev–Trinajstić information content (AvgIpc) is 2.68. The maximum Gasteiger partial charge on any atom is 0.223 e. The minimum atomic E-state index is 0. The summed E-state index contributed by atoms with van der Waals surface area (Å²) >= 11 is 0. The van der Waals surface area contributed by atoms with Crippen molar-refractivity contribution in [1.29, 1.82) is 0 Å². The first-order chi connectivity index (χ1) is 7.13. The molecule has 0 aromatic rings. The number of carbonyl (C=O) groups is 1. The van der Waals surface area contributed by atoms with Crippen LogP contribution in [0.4, 0.5) is 0 Å². The van der Waals surface area contributed by atoms with Crippen molar-refractivity contribution in [3.63, 3.8) is 0 Å². The van der Waals surface area contributed by atoms with E-state index in [1.807, 2.05) is 0 Å². The first-order valence-electron chi connectivity index (χ1n) is 6.14. The molecule has 1 aliphatic carbocycles. The monoisotopic (exact) mass is 248 g/mol. The van der Waals surface area contributed by atoms with Crippen LogP contribution in [0.5, 0.6) is 0 Å². The molecule has 0 spiro atoms. The van der Waals surface area contributed by atoms with Crippen molar-refractivity contribution in [2.45, 2.75) is 52.0 Å². The second-order valence-electron chi connectivity index (χ2n) is 5.05. The molecule has 3 nitrogen and oxygen atoms in total. The molecule has 1 aliphatic rings. The van der Waals surface area contributed by atoms with Gasteiger partial charge in [0.15, 0.2) is 0 Å². The van der Waals surface area contributed by atoms with Crippen molar-refractivity contribution < 1.29 is 4.79 Å². The lowest BCUT2D eigenvalue weighted by Crippen LogP contribution is -2.43. The fraction of sp³-hybridized carbons (Fsp3) is 0.917. The number of carbonyl (C=O) groups excluding carboxylic acids is 1. The molecular formula is C12H25ClN2O. The van der Waals surface area contributed by atoms with Gasteiger partial charge in [-0.1, -0.05) is 26.7 Å². The Labute approximate surface area is 105 Å². The second kappa shape index (κ2) is 7.91. The summed E-state index contributed by atoms with van der Waals surface area (Å²) < 4.78 is 0. The first kappa shape index (κ1) is 15.7. The van der Waals surface area contributed by atoms with E-state index in [0.29, 0.717) is 12.5 Å². The molecule has 0 radical (unpaired) electrons. The van der Waals surface area contributed by atoms with Crippen LogP contribution in [0.25, 0.3) is 0 Å². The van der Waals surface area contributed by atoms with Gasteiger partial charge >= 0.3 is 0 Å². The standard InChI is InChI=1S/C12H24N2O.ClH/c1-9(2)7-11(8-13)14-12(15)10-5-3-4-6-10;/h9-11H,3-8,13H2,1-2H3,(H,14,15);1H. The van der Waals surface area contributed by atoms with Gasteiger partial charge in [0.1, 0.15) is 0 Å². The van der Waals surface area contributed by atoms with Crippen LogP contribution in [-0.2, 0) is 4.79 Å². The Morgan fingerprint density at radius 3 is 2.38 bits per heavy atom. The molecule has 16 heavy (non-hydrogen) atoms. The first-order valence-corrected chi connectivity index (χ1v) is 6.14. The van der Waals surface area contributed by atoms with Gasteiger partial charge in [-0.15, -0.1) is 12.4 Å². The molecule has 0 bridgehead atoms. The van der Waals surface area contributed by atoms with Crippen LogP contribution >= 0.6 is 12.4 Å². The SMILES string of the molecule is CC(C)CC(CN)NC(=O)C1CCCC1.Cl. The highest BCUT2D eigenvalue weighted by atomic mass is 35.5. The molecule has 4 heteroatoms. The fourth-order valence-corrected chi connectivity index (χ4v) is 2.29. The largest absolute Gasteiger partial charge is 0.352 e. The summed E-state index contributed by atoms with van der Waals surface area (Å²) in [5.41, 5.74) is 5.65. The highest BCUT2D eigenvalue weighted by Crippen LogP contribution is 2.24. The number of amides is 1. The van der Waals surface area contributed by atoms with Crippen LogP contribution < -0.4 is 11.1 Å². The summed E-state index contributed by atoms with van der Waals surface area (Å²) in [6, 6.07) is 0.165. The van der Waals surface area contributed by atoms with E-state index in [2.05, 4.69) is 19.2 Å². The van der Waals surface area contributed by atoms with Crippen LogP contribution in [0.3, 0.4) is 0 Å². The molecule has 0 aliphatic heterocycles. The van der Waals surface area contributed by atoms with Gasteiger partial charge in [0.05, 0.1) is 0 Å². The fourth-order valence-electron chi connectivity index (χ4n) is 2.29. The predicted octanol–water partition coefficient (Wildman–Crippen LogP) is 2.09. The average molecular weight is 249 g/mol. The van der Waals surface area contributed by atoms with Crippen LogP contribution in [0.15, 0.2) is 0 Å². The lowest BCUT2D eigenvalue weighted by atomic mass is 10.0. The number of halogens is 1. The van der Waals surface area contributed by atoms with Crippen molar-refractivity contribution in [2.24, 2.45) is 17.6 Å². The third-order valence-electron chi connectivity index (χ3n) is 3.11. The van der Waals surface area contributed by atoms with Crippen molar-refractivity contribution in [1.82, 2.24) is 5.32 Å². The molecule has 1 atom stereocenters. The zero-order chi connectivity index (χ0) is 11.3. The molecule has 0 aromatic carbocycles. The Kier molecular flexibility index (Phi) is 7.77. The summed E-state index contributed by atoms with van der Waals surface area (Å²) in [5, 5.41) is 3.08. The number of hydrogen-bond donors (Lipinski definition) is 2.